The van der Waals surface area contributed by atoms with Gasteiger partial charge in [0.1, 0.15) is 5.82 Å². The number of fused-ring (bicyclic) bond motifs is 1. The van der Waals surface area contributed by atoms with Gasteiger partial charge in [-0.3, -0.25) is 9.78 Å². The monoisotopic (exact) mass is 325 g/mol. The van der Waals surface area contributed by atoms with Crippen LogP contribution in [0, 0.1) is 5.82 Å². The number of carbonyl (C=O) groups excluding carboxylic acids is 1. The Hall–Kier alpha value is -2.64. The smallest absolute Gasteiger partial charge is 0.396 e. The number of alkyl halides is 3. The van der Waals surface area contributed by atoms with E-state index in [-0.39, 0.29) is 29.9 Å². The van der Waals surface area contributed by atoms with Crippen LogP contribution in [0.25, 0.3) is 0 Å². The van der Waals surface area contributed by atoms with Crippen LogP contribution in [0.4, 0.5) is 28.9 Å². The maximum atomic E-state index is 13.5. The Labute approximate surface area is 128 Å². The van der Waals surface area contributed by atoms with E-state index in [2.05, 4.69) is 4.98 Å². The van der Waals surface area contributed by atoms with Gasteiger partial charge in [-0.05, 0) is 30.2 Å². The summed E-state index contributed by atoms with van der Waals surface area (Å²) in [6.07, 6.45) is -2.37. The first kappa shape index (κ1) is 15.3. The van der Waals surface area contributed by atoms with E-state index in [4.69, 9.17) is 5.73 Å². The van der Waals surface area contributed by atoms with Crippen LogP contribution < -0.4 is 10.6 Å². The summed E-state index contributed by atoms with van der Waals surface area (Å²) < 4.78 is 52.8. The van der Waals surface area contributed by atoms with Crippen LogP contribution in [0.5, 0.6) is 0 Å². The van der Waals surface area contributed by atoms with Crippen molar-refractivity contribution >= 4 is 17.3 Å². The van der Waals surface area contributed by atoms with Crippen molar-refractivity contribution in [1.82, 2.24) is 4.98 Å². The fraction of sp³-hybridized carbons (Fsp3) is 0.200. The summed E-state index contributed by atoms with van der Waals surface area (Å²) >= 11 is 0. The molecular weight excluding hydrogens is 314 g/mol. The minimum absolute atomic E-state index is 0.00393. The third-order valence-electron chi connectivity index (χ3n) is 3.70. The normalized spacial score (nSPS) is 14.8. The van der Waals surface area contributed by atoms with Gasteiger partial charge in [-0.15, -0.1) is 0 Å². The number of hydrogen-bond donors (Lipinski definition) is 1. The Morgan fingerprint density at radius 2 is 2.00 bits per heavy atom. The fourth-order valence-electron chi connectivity index (χ4n) is 2.59. The Kier molecular flexibility index (Phi) is 3.46. The molecule has 1 aliphatic heterocycles. The van der Waals surface area contributed by atoms with Crippen LogP contribution in [0.2, 0.25) is 0 Å². The van der Waals surface area contributed by atoms with Gasteiger partial charge in [0.05, 0.1) is 23.1 Å². The molecule has 0 radical (unpaired) electrons. The van der Waals surface area contributed by atoms with E-state index in [1.165, 1.54) is 0 Å². The minimum Gasteiger partial charge on any atom is -0.396 e. The number of nitrogen functional groups attached to an aromatic ring is 1. The van der Waals surface area contributed by atoms with Crippen molar-refractivity contribution in [3.8, 4) is 0 Å². The van der Waals surface area contributed by atoms with Gasteiger partial charge in [0.25, 0.3) is 5.91 Å². The Morgan fingerprint density at radius 1 is 1.26 bits per heavy atom. The van der Waals surface area contributed by atoms with Crippen LogP contribution >= 0.6 is 0 Å². The molecule has 0 spiro atoms. The molecule has 1 aromatic carbocycles. The number of halogens is 4. The Bertz CT molecular complexity index is 789. The maximum absolute atomic E-state index is 13.5. The van der Waals surface area contributed by atoms with Crippen molar-refractivity contribution in [2.75, 3.05) is 17.2 Å². The summed E-state index contributed by atoms with van der Waals surface area (Å²) in [5.41, 5.74) is 4.49. The second-order valence-corrected chi connectivity index (χ2v) is 5.13. The molecule has 0 saturated heterocycles. The molecule has 0 saturated carbocycles. The van der Waals surface area contributed by atoms with Gasteiger partial charge in [0.15, 0.2) is 0 Å². The van der Waals surface area contributed by atoms with Crippen LogP contribution in [0.1, 0.15) is 21.5 Å². The molecule has 0 fully saturated rings. The van der Waals surface area contributed by atoms with Gasteiger partial charge >= 0.3 is 6.18 Å². The summed E-state index contributed by atoms with van der Waals surface area (Å²) in [5.74, 6) is -1.31. The van der Waals surface area contributed by atoms with Crippen molar-refractivity contribution < 1.29 is 22.4 Å². The molecule has 0 bridgehead atoms. The van der Waals surface area contributed by atoms with Gasteiger partial charge in [-0.25, -0.2) is 4.39 Å². The van der Waals surface area contributed by atoms with E-state index in [1.54, 1.807) is 0 Å². The summed E-state index contributed by atoms with van der Waals surface area (Å²) in [6.45, 7) is 0.00393. The van der Waals surface area contributed by atoms with Crippen molar-refractivity contribution in [2.45, 2.75) is 12.6 Å². The largest absolute Gasteiger partial charge is 0.418 e. The first-order chi connectivity index (χ1) is 10.8. The first-order valence-corrected chi connectivity index (χ1v) is 6.70. The lowest BCUT2D eigenvalue weighted by atomic mass is 9.97. The van der Waals surface area contributed by atoms with Gasteiger partial charge < -0.3 is 10.6 Å². The molecule has 3 rings (SSSR count). The highest BCUT2D eigenvalue weighted by molar-refractivity contribution is 6.09. The number of anilines is 2. The second-order valence-electron chi connectivity index (χ2n) is 5.13. The molecule has 0 aliphatic carbocycles. The number of amides is 1. The van der Waals surface area contributed by atoms with Gasteiger partial charge in [-0.1, -0.05) is 0 Å². The lowest BCUT2D eigenvalue weighted by Gasteiger charge is -2.30. The zero-order valence-corrected chi connectivity index (χ0v) is 11.7. The van der Waals surface area contributed by atoms with Crippen molar-refractivity contribution in [3.05, 3.63) is 53.1 Å². The van der Waals surface area contributed by atoms with E-state index >= 15 is 0 Å². The average molecular weight is 325 g/mol. The molecule has 0 atom stereocenters. The van der Waals surface area contributed by atoms with Gasteiger partial charge in [0.2, 0.25) is 0 Å². The van der Waals surface area contributed by atoms with E-state index in [9.17, 15) is 22.4 Å². The topological polar surface area (TPSA) is 59.2 Å². The highest BCUT2D eigenvalue weighted by atomic mass is 19.4. The van der Waals surface area contributed by atoms with Crippen molar-refractivity contribution in [2.24, 2.45) is 0 Å². The molecule has 2 heterocycles. The number of rotatable bonds is 1. The van der Waals surface area contributed by atoms with Gasteiger partial charge in [0, 0.05) is 18.3 Å². The molecule has 8 heteroatoms. The molecule has 2 N–H and O–H groups in total. The minimum atomic E-state index is -4.61. The van der Waals surface area contributed by atoms with Crippen molar-refractivity contribution in [3.63, 3.8) is 0 Å². The van der Waals surface area contributed by atoms with E-state index < -0.39 is 23.5 Å². The zero-order chi connectivity index (χ0) is 16.8. The van der Waals surface area contributed by atoms with Crippen LogP contribution in [0.3, 0.4) is 0 Å². The van der Waals surface area contributed by atoms with Crippen LogP contribution in [-0.2, 0) is 12.6 Å². The SMILES string of the molecule is Nc1cc2c(cc1F)CCN(c1cnccc1C(F)(F)F)C2=O. The molecule has 4 nitrogen and oxygen atoms in total. The lowest BCUT2D eigenvalue weighted by molar-refractivity contribution is -0.137. The molecule has 120 valence electrons. The highest BCUT2D eigenvalue weighted by Crippen LogP contribution is 2.37. The van der Waals surface area contributed by atoms with Crippen molar-refractivity contribution in [1.29, 1.82) is 0 Å². The molecular formula is C15H11F4N3O. The predicted molar refractivity (Wildman–Crippen MR) is 75.4 cm³/mol. The molecule has 1 aromatic heterocycles. The lowest BCUT2D eigenvalue weighted by Crippen LogP contribution is -2.39. The van der Waals surface area contributed by atoms with E-state index in [0.717, 1.165) is 35.5 Å². The quantitative estimate of drug-likeness (QED) is 0.648. The van der Waals surface area contributed by atoms with Crippen LogP contribution in [-0.4, -0.2) is 17.4 Å². The number of nitrogens with zero attached hydrogens (tertiary/aromatic N) is 2. The standard InChI is InChI=1S/C15H11F4N3O/c16-11-5-8-2-4-22(14(23)9(8)6-12(11)20)13-7-21-3-1-10(13)15(17,18)19/h1,3,5-7H,2,4,20H2. The number of benzene rings is 1. The Morgan fingerprint density at radius 3 is 2.70 bits per heavy atom. The first-order valence-electron chi connectivity index (χ1n) is 6.70. The number of carbonyl (C=O) groups is 1. The summed E-state index contributed by atoms with van der Waals surface area (Å²) in [6, 6.07) is 3.12. The number of hydrogen-bond acceptors (Lipinski definition) is 3. The fourth-order valence-corrected chi connectivity index (χ4v) is 2.59. The number of nitrogens with two attached hydrogens (primary N) is 1. The second kappa shape index (κ2) is 5.22. The summed E-state index contributed by atoms with van der Waals surface area (Å²) in [7, 11) is 0. The van der Waals surface area contributed by atoms with Crippen LogP contribution in [0.15, 0.2) is 30.6 Å². The van der Waals surface area contributed by atoms with E-state index in [1.807, 2.05) is 0 Å². The summed E-state index contributed by atoms with van der Waals surface area (Å²) in [4.78, 5) is 17.2. The predicted octanol–water partition coefficient (Wildman–Crippen LogP) is 3.02. The molecule has 0 unspecified atom stereocenters. The highest BCUT2D eigenvalue weighted by Gasteiger charge is 2.37. The maximum Gasteiger partial charge on any atom is 0.418 e. The summed E-state index contributed by atoms with van der Waals surface area (Å²) in [5, 5.41) is 0. The van der Waals surface area contributed by atoms with E-state index in [0.29, 0.717) is 5.56 Å². The number of pyridine rings is 1. The number of aromatic nitrogens is 1. The van der Waals surface area contributed by atoms with Gasteiger partial charge in [-0.2, -0.15) is 13.2 Å². The molecule has 2 aromatic rings. The average Bonchev–Trinajstić information content (AvgIpc) is 2.49. The Balaban J connectivity index is 2.07. The zero-order valence-electron chi connectivity index (χ0n) is 11.7. The molecule has 1 aliphatic rings. The molecule has 23 heavy (non-hydrogen) atoms. The third kappa shape index (κ3) is 2.60. The molecule has 1 amide bonds. The third-order valence-corrected chi connectivity index (χ3v) is 3.70.